The van der Waals surface area contributed by atoms with Gasteiger partial charge in [0.1, 0.15) is 24.2 Å². The van der Waals surface area contributed by atoms with E-state index in [2.05, 4.69) is 16.8 Å². The van der Waals surface area contributed by atoms with E-state index in [0.717, 1.165) is 95.5 Å². The molecule has 6 atom stereocenters. The van der Waals surface area contributed by atoms with Crippen molar-refractivity contribution in [2.75, 3.05) is 40.1 Å². The SMILES string of the molecule is C=CCNC(=O)[C@H]1[C@@H]2C(=O)O[C@@H](C3CCCCC3)[C@@H](C3CCCCC3)N2[C@@H](C2CCC(OCCO)CC2)[C@]12C(=O)N(C(=O)OCCOC)C1=C2CCCC1. The molecule has 0 aromatic heterocycles. The third-order valence-electron chi connectivity index (χ3n) is 14.1. The van der Waals surface area contributed by atoms with Crippen molar-refractivity contribution in [3.63, 3.8) is 0 Å². The van der Waals surface area contributed by atoms with Gasteiger partial charge in [0, 0.05) is 25.4 Å². The molecule has 12 nitrogen and oxygen atoms in total. The molecule has 12 heteroatoms. The summed E-state index contributed by atoms with van der Waals surface area (Å²) in [6.07, 6.45) is 17.0. The number of hydrogen-bond donors (Lipinski definition) is 2. The van der Waals surface area contributed by atoms with E-state index < -0.39 is 41.4 Å². The first kappa shape index (κ1) is 39.4. The molecule has 0 radical (unpaired) electrons. The van der Waals surface area contributed by atoms with Crippen LogP contribution in [0.25, 0.3) is 0 Å². The highest BCUT2D eigenvalue weighted by Gasteiger charge is 2.77. The monoisotopic (exact) mass is 753 g/mol. The number of hydrogen-bond acceptors (Lipinski definition) is 10. The van der Waals surface area contributed by atoms with Crippen LogP contribution in [0, 0.1) is 29.1 Å². The molecule has 4 aliphatic carbocycles. The minimum Gasteiger partial charge on any atom is -0.459 e. The Morgan fingerprint density at radius 3 is 2.24 bits per heavy atom. The van der Waals surface area contributed by atoms with E-state index in [9.17, 15) is 19.5 Å². The van der Waals surface area contributed by atoms with E-state index in [1.165, 1.54) is 24.9 Å². The Bertz CT molecular complexity index is 1410. The Labute approximate surface area is 320 Å². The lowest BCUT2D eigenvalue weighted by Gasteiger charge is -2.53. The zero-order valence-corrected chi connectivity index (χ0v) is 32.4. The Morgan fingerprint density at radius 1 is 0.889 bits per heavy atom. The molecule has 0 aromatic rings. The Hall–Kier alpha value is -2.80. The number of rotatable bonds is 12. The van der Waals surface area contributed by atoms with Gasteiger partial charge in [-0.2, -0.15) is 0 Å². The minimum absolute atomic E-state index is 0.00679. The summed E-state index contributed by atoms with van der Waals surface area (Å²) in [5.74, 6) is -1.88. The number of morpholine rings is 1. The van der Waals surface area contributed by atoms with Crippen LogP contribution in [0.3, 0.4) is 0 Å². The highest BCUT2D eigenvalue weighted by Crippen LogP contribution is 2.64. The van der Waals surface area contributed by atoms with Gasteiger partial charge < -0.3 is 29.4 Å². The summed E-state index contributed by atoms with van der Waals surface area (Å²) in [6, 6.07) is -1.61. The molecule has 54 heavy (non-hydrogen) atoms. The van der Waals surface area contributed by atoms with Crippen LogP contribution in [0.4, 0.5) is 4.79 Å². The number of cyclic esters (lactones) is 1. The molecule has 0 bridgehead atoms. The van der Waals surface area contributed by atoms with Crippen LogP contribution in [0.5, 0.6) is 0 Å². The number of amides is 3. The minimum atomic E-state index is -1.46. The lowest BCUT2D eigenvalue weighted by atomic mass is 9.60. The summed E-state index contributed by atoms with van der Waals surface area (Å²) in [6.45, 7) is 4.45. The van der Waals surface area contributed by atoms with Gasteiger partial charge in [0.2, 0.25) is 11.8 Å². The highest BCUT2D eigenvalue weighted by molar-refractivity contribution is 6.07. The number of methoxy groups -OCH3 is 1. The number of aliphatic hydroxyl groups is 1. The first-order valence-corrected chi connectivity index (χ1v) is 21.2. The Balaban J connectivity index is 1.42. The maximum absolute atomic E-state index is 15.9. The molecule has 7 aliphatic rings. The molecule has 2 saturated heterocycles. The largest absolute Gasteiger partial charge is 0.459 e. The van der Waals surface area contributed by atoms with Crippen LogP contribution in [0.15, 0.2) is 23.9 Å². The van der Waals surface area contributed by atoms with Crippen LogP contribution in [-0.2, 0) is 33.3 Å². The molecule has 7 rings (SSSR count). The van der Waals surface area contributed by atoms with Crippen molar-refractivity contribution in [2.45, 2.75) is 146 Å². The maximum atomic E-state index is 15.9. The first-order valence-electron chi connectivity index (χ1n) is 21.2. The van der Waals surface area contributed by atoms with Crippen molar-refractivity contribution in [1.82, 2.24) is 15.1 Å². The molecule has 3 aliphatic heterocycles. The predicted octanol–water partition coefficient (Wildman–Crippen LogP) is 5.42. The van der Waals surface area contributed by atoms with Crippen molar-refractivity contribution in [3.8, 4) is 0 Å². The topological polar surface area (TPSA) is 144 Å². The number of carbonyl (C=O) groups excluding carboxylic acids is 4. The summed E-state index contributed by atoms with van der Waals surface area (Å²) in [4.78, 5) is 63.6. The smallest absolute Gasteiger partial charge is 0.421 e. The molecule has 3 amide bonds. The summed E-state index contributed by atoms with van der Waals surface area (Å²) in [7, 11) is 1.53. The average molecular weight is 754 g/mol. The van der Waals surface area contributed by atoms with Gasteiger partial charge in [-0.25, -0.2) is 9.69 Å². The van der Waals surface area contributed by atoms with Gasteiger partial charge in [0.25, 0.3) is 0 Å². The second-order valence-electron chi connectivity index (χ2n) is 16.9. The van der Waals surface area contributed by atoms with Crippen molar-refractivity contribution in [1.29, 1.82) is 0 Å². The molecule has 3 saturated carbocycles. The van der Waals surface area contributed by atoms with Gasteiger partial charge >= 0.3 is 12.1 Å². The van der Waals surface area contributed by atoms with Crippen LogP contribution >= 0.6 is 0 Å². The fourth-order valence-electron chi connectivity index (χ4n) is 12.1. The molecular formula is C42H63N3O9. The molecule has 300 valence electrons. The van der Waals surface area contributed by atoms with E-state index in [4.69, 9.17) is 18.9 Å². The number of esters is 1. The number of nitrogens with zero attached hydrogens (tertiary/aromatic N) is 2. The second-order valence-corrected chi connectivity index (χ2v) is 16.9. The Kier molecular flexibility index (Phi) is 12.8. The number of nitrogens with one attached hydrogen (secondary N) is 1. The lowest BCUT2D eigenvalue weighted by molar-refractivity contribution is -0.190. The van der Waals surface area contributed by atoms with Crippen LogP contribution < -0.4 is 5.32 Å². The summed E-state index contributed by atoms with van der Waals surface area (Å²) >= 11 is 0. The summed E-state index contributed by atoms with van der Waals surface area (Å²) in [5.41, 5.74) is 0.0260. The van der Waals surface area contributed by atoms with Gasteiger partial charge in [-0.3, -0.25) is 19.3 Å². The molecular weight excluding hydrogens is 690 g/mol. The molecule has 2 N–H and O–H groups in total. The number of carbonyl (C=O) groups is 4. The van der Waals surface area contributed by atoms with E-state index in [-0.39, 0.29) is 74.9 Å². The number of imide groups is 1. The molecule has 0 unspecified atom stereocenters. The molecule has 3 heterocycles. The third kappa shape index (κ3) is 7.06. The van der Waals surface area contributed by atoms with Crippen molar-refractivity contribution in [3.05, 3.63) is 23.9 Å². The normalized spacial score (nSPS) is 35.1. The van der Waals surface area contributed by atoms with E-state index in [1.807, 2.05) is 0 Å². The summed E-state index contributed by atoms with van der Waals surface area (Å²) in [5, 5.41) is 12.6. The van der Waals surface area contributed by atoms with Crippen molar-refractivity contribution < 1.29 is 43.2 Å². The second kappa shape index (κ2) is 17.6. The molecule has 0 aromatic carbocycles. The maximum Gasteiger partial charge on any atom is 0.421 e. The zero-order chi connectivity index (χ0) is 37.8. The molecule has 1 spiro atoms. The van der Waals surface area contributed by atoms with E-state index in [1.54, 1.807) is 6.08 Å². The number of ether oxygens (including phenoxy) is 4. The van der Waals surface area contributed by atoms with Gasteiger partial charge in [0.15, 0.2) is 0 Å². The fourth-order valence-corrected chi connectivity index (χ4v) is 12.1. The van der Waals surface area contributed by atoms with E-state index >= 15 is 4.79 Å². The predicted molar refractivity (Wildman–Crippen MR) is 200 cm³/mol. The zero-order valence-electron chi connectivity index (χ0n) is 32.4. The first-order chi connectivity index (χ1) is 26.4. The van der Waals surface area contributed by atoms with E-state index in [0.29, 0.717) is 18.5 Å². The number of aliphatic hydroxyl groups excluding tert-OH is 1. The van der Waals surface area contributed by atoms with Crippen LogP contribution in [-0.4, -0.2) is 109 Å². The quantitative estimate of drug-likeness (QED) is 0.151. The van der Waals surface area contributed by atoms with Gasteiger partial charge in [-0.05, 0) is 100 Å². The average Bonchev–Trinajstić information content (AvgIpc) is 3.66. The number of allylic oxidation sites excluding steroid dienone is 1. The standard InChI is InChI=1S/C42H63N3O9/c1-3-22-43-38(47)33-35-39(48)54-36(28-14-8-5-9-15-28)34(27-12-6-4-7-13-27)45(35)37(29-18-20-30(21-19-29)52-24-23-46)42(33)31-16-10-11-17-32(31)44(40(42)49)41(50)53-26-25-51-2/h3,27-30,33-37,46H,1,4-26H2,2H3,(H,43,47)/t29?,30?,33-,34-,35-,36+,37+,42-/m1/s1. The Morgan fingerprint density at radius 2 is 1.57 bits per heavy atom. The molecule has 5 fully saturated rings. The van der Waals surface area contributed by atoms with Crippen molar-refractivity contribution in [2.24, 2.45) is 29.1 Å². The van der Waals surface area contributed by atoms with Crippen molar-refractivity contribution >= 4 is 23.9 Å². The highest BCUT2D eigenvalue weighted by atomic mass is 16.6. The van der Waals surface area contributed by atoms with Crippen LogP contribution in [0.1, 0.15) is 116 Å². The van der Waals surface area contributed by atoms with Gasteiger partial charge in [0.05, 0.1) is 37.9 Å². The van der Waals surface area contributed by atoms with Crippen LogP contribution in [0.2, 0.25) is 0 Å². The third-order valence-corrected chi connectivity index (χ3v) is 14.1. The number of fused-ring (bicyclic) bond motifs is 2. The fraction of sp³-hybridized carbons (Fsp3) is 0.810. The van der Waals surface area contributed by atoms with Gasteiger partial charge in [-0.1, -0.05) is 44.6 Å². The lowest BCUT2D eigenvalue weighted by Crippen LogP contribution is -2.66. The summed E-state index contributed by atoms with van der Waals surface area (Å²) < 4.78 is 23.6. The van der Waals surface area contributed by atoms with Gasteiger partial charge in [-0.15, -0.1) is 6.58 Å².